The first-order chi connectivity index (χ1) is 11.8. The third-order valence-corrected chi connectivity index (χ3v) is 4.40. The molecule has 1 aliphatic heterocycles. The molecule has 1 atom stereocenters. The van der Waals surface area contributed by atoms with Gasteiger partial charge in [0.05, 0.1) is 11.9 Å². The molecule has 1 N–H and O–H groups in total. The smallest absolute Gasteiger partial charge is 0.257 e. The molecular weight excluding hydrogens is 304 g/mol. The average molecular weight is 328 g/mol. The molecule has 1 saturated heterocycles. The average Bonchev–Trinajstić information content (AvgIpc) is 3.14. The van der Waals surface area contributed by atoms with Crippen LogP contribution in [0.15, 0.2) is 31.1 Å². The number of aryl methyl sites for hydroxylation is 1. The summed E-state index contributed by atoms with van der Waals surface area (Å²) in [7, 11) is 0. The molecular formula is C17H24N6O. The third-order valence-electron chi connectivity index (χ3n) is 4.40. The number of imidazole rings is 1. The lowest BCUT2D eigenvalue weighted by Gasteiger charge is -2.36. The van der Waals surface area contributed by atoms with Crippen molar-refractivity contribution < 1.29 is 4.79 Å². The van der Waals surface area contributed by atoms with Gasteiger partial charge in [0.25, 0.3) is 5.91 Å². The van der Waals surface area contributed by atoms with E-state index in [0.717, 1.165) is 38.9 Å². The van der Waals surface area contributed by atoms with E-state index < -0.39 is 0 Å². The summed E-state index contributed by atoms with van der Waals surface area (Å²) in [5.74, 6) is 0.595. The van der Waals surface area contributed by atoms with Gasteiger partial charge in [-0.2, -0.15) is 0 Å². The molecule has 0 aromatic carbocycles. The van der Waals surface area contributed by atoms with E-state index in [1.54, 1.807) is 18.6 Å². The van der Waals surface area contributed by atoms with E-state index in [1.807, 2.05) is 24.3 Å². The van der Waals surface area contributed by atoms with E-state index >= 15 is 0 Å². The summed E-state index contributed by atoms with van der Waals surface area (Å²) in [5, 5.41) is 3.04. The number of nitrogens with zero attached hydrogens (tertiary/aromatic N) is 5. The van der Waals surface area contributed by atoms with Gasteiger partial charge >= 0.3 is 0 Å². The first-order valence-electron chi connectivity index (χ1n) is 8.60. The third kappa shape index (κ3) is 3.90. The van der Waals surface area contributed by atoms with Gasteiger partial charge in [-0.3, -0.25) is 4.79 Å². The zero-order valence-corrected chi connectivity index (χ0v) is 14.1. The lowest BCUT2D eigenvalue weighted by molar-refractivity contribution is 0.0594. The number of amides is 1. The lowest BCUT2D eigenvalue weighted by Crippen LogP contribution is -2.44. The summed E-state index contributed by atoms with van der Waals surface area (Å²) in [6.07, 6.45) is 13.0. The van der Waals surface area contributed by atoms with E-state index in [4.69, 9.17) is 0 Å². The van der Waals surface area contributed by atoms with Crippen LogP contribution >= 0.6 is 0 Å². The van der Waals surface area contributed by atoms with Gasteiger partial charge in [-0.25, -0.2) is 15.0 Å². The van der Waals surface area contributed by atoms with Gasteiger partial charge in [0.15, 0.2) is 0 Å². The maximum Gasteiger partial charge on any atom is 0.257 e. The van der Waals surface area contributed by atoms with E-state index in [9.17, 15) is 4.79 Å². The largest absolute Gasteiger partial charge is 0.355 e. The SMILES string of the molecule is CCNc1ncc(C(=O)N2CCCCC2CCn2ccnc2)cn1. The number of likely N-dealkylation sites (tertiary alicyclic amines) is 1. The highest BCUT2D eigenvalue weighted by atomic mass is 16.2. The monoisotopic (exact) mass is 328 g/mol. The molecule has 3 heterocycles. The molecule has 0 radical (unpaired) electrons. The number of carbonyl (C=O) groups is 1. The van der Waals surface area contributed by atoms with Gasteiger partial charge in [-0.15, -0.1) is 0 Å². The second kappa shape index (κ2) is 7.90. The van der Waals surface area contributed by atoms with Gasteiger partial charge in [0, 0.05) is 50.5 Å². The highest BCUT2D eigenvalue weighted by molar-refractivity contribution is 5.94. The normalized spacial score (nSPS) is 17.7. The Balaban J connectivity index is 1.66. The molecule has 1 aliphatic rings. The highest BCUT2D eigenvalue weighted by Crippen LogP contribution is 2.22. The second-order valence-electron chi connectivity index (χ2n) is 6.06. The van der Waals surface area contributed by atoms with Crippen LogP contribution in [0.4, 0.5) is 5.95 Å². The zero-order valence-electron chi connectivity index (χ0n) is 14.1. The van der Waals surface area contributed by atoms with Crippen molar-refractivity contribution in [2.24, 2.45) is 0 Å². The van der Waals surface area contributed by atoms with Crippen LogP contribution in [-0.2, 0) is 6.54 Å². The van der Waals surface area contributed by atoms with E-state index in [0.29, 0.717) is 11.5 Å². The Hall–Kier alpha value is -2.44. The Morgan fingerprint density at radius 2 is 2.17 bits per heavy atom. The fraction of sp³-hybridized carbons (Fsp3) is 0.529. The summed E-state index contributed by atoms with van der Waals surface area (Å²) in [6.45, 7) is 4.43. The fourth-order valence-electron chi connectivity index (χ4n) is 3.14. The molecule has 3 rings (SSSR count). The van der Waals surface area contributed by atoms with Crippen LogP contribution in [0, 0.1) is 0 Å². The summed E-state index contributed by atoms with van der Waals surface area (Å²) in [4.78, 5) is 27.3. The number of anilines is 1. The maximum absolute atomic E-state index is 12.8. The van der Waals surface area contributed by atoms with E-state index in [2.05, 4.69) is 24.8 Å². The van der Waals surface area contributed by atoms with Gasteiger partial charge in [-0.05, 0) is 32.6 Å². The number of carbonyl (C=O) groups excluding carboxylic acids is 1. The minimum atomic E-state index is 0.0355. The standard InChI is InChI=1S/C17H24N6O/c1-2-19-17-20-11-14(12-21-17)16(24)23-8-4-3-5-15(23)6-9-22-10-7-18-13-22/h7,10-13,15H,2-6,8-9H2,1H3,(H,19,20,21). The van der Waals surface area contributed by atoms with Gasteiger partial charge in [0.1, 0.15) is 0 Å². The predicted molar refractivity (Wildman–Crippen MR) is 91.7 cm³/mol. The Kier molecular flexibility index (Phi) is 5.40. The van der Waals surface area contributed by atoms with Crippen LogP contribution in [0.2, 0.25) is 0 Å². The van der Waals surface area contributed by atoms with Crippen molar-refractivity contribution in [3.8, 4) is 0 Å². The fourth-order valence-corrected chi connectivity index (χ4v) is 3.14. The van der Waals surface area contributed by atoms with Crippen molar-refractivity contribution in [3.05, 3.63) is 36.7 Å². The number of nitrogens with one attached hydrogen (secondary N) is 1. The second-order valence-corrected chi connectivity index (χ2v) is 6.06. The molecule has 1 unspecified atom stereocenters. The summed E-state index contributed by atoms with van der Waals surface area (Å²) in [5.41, 5.74) is 0.561. The van der Waals surface area contributed by atoms with E-state index in [-0.39, 0.29) is 11.9 Å². The van der Waals surface area contributed by atoms with Crippen molar-refractivity contribution in [2.45, 2.75) is 45.2 Å². The van der Waals surface area contributed by atoms with Crippen LogP contribution in [-0.4, -0.2) is 49.5 Å². The van der Waals surface area contributed by atoms with Gasteiger partial charge in [0.2, 0.25) is 5.95 Å². The molecule has 0 aliphatic carbocycles. The van der Waals surface area contributed by atoms with Crippen molar-refractivity contribution in [1.29, 1.82) is 0 Å². The van der Waals surface area contributed by atoms with Crippen molar-refractivity contribution >= 4 is 11.9 Å². The van der Waals surface area contributed by atoms with Crippen molar-refractivity contribution in [1.82, 2.24) is 24.4 Å². The van der Waals surface area contributed by atoms with Crippen LogP contribution in [0.1, 0.15) is 43.0 Å². The van der Waals surface area contributed by atoms with Gasteiger partial charge in [-0.1, -0.05) is 0 Å². The highest BCUT2D eigenvalue weighted by Gasteiger charge is 2.27. The predicted octanol–water partition coefficient (Wildman–Crippen LogP) is 2.19. The molecule has 2 aromatic rings. The number of rotatable bonds is 6. The molecule has 1 amide bonds. The molecule has 1 fully saturated rings. The lowest BCUT2D eigenvalue weighted by atomic mass is 9.98. The number of hydrogen-bond acceptors (Lipinski definition) is 5. The number of aromatic nitrogens is 4. The van der Waals surface area contributed by atoms with Crippen LogP contribution < -0.4 is 5.32 Å². The topological polar surface area (TPSA) is 75.9 Å². The molecule has 0 spiro atoms. The Morgan fingerprint density at radius 1 is 1.33 bits per heavy atom. The number of hydrogen-bond donors (Lipinski definition) is 1. The van der Waals surface area contributed by atoms with Crippen LogP contribution in [0.25, 0.3) is 0 Å². The zero-order chi connectivity index (χ0) is 16.8. The van der Waals surface area contributed by atoms with Gasteiger partial charge < -0.3 is 14.8 Å². The summed E-state index contributed by atoms with van der Waals surface area (Å²) in [6, 6.07) is 0.266. The first kappa shape index (κ1) is 16.4. The molecule has 2 aromatic heterocycles. The minimum Gasteiger partial charge on any atom is -0.355 e. The molecule has 0 bridgehead atoms. The van der Waals surface area contributed by atoms with Crippen molar-refractivity contribution in [2.75, 3.05) is 18.4 Å². The summed E-state index contributed by atoms with van der Waals surface area (Å²) >= 11 is 0. The Labute approximate surface area is 142 Å². The molecule has 7 heteroatoms. The van der Waals surface area contributed by atoms with E-state index in [1.165, 1.54) is 6.42 Å². The molecule has 0 saturated carbocycles. The maximum atomic E-state index is 12.8. The van der Waals surface area contributed by atoms with Crippen LogP contribution in [0.3, 0.4) is 0 Å². The minimum absolute atomic E-state index is 0.0355. The Morgan fingerprint density at radius 3 is 2.88 bits per heavy atom. The molecule has 128 valence electrons. The quantitative estimate of drug-likeness (QED) is 0.879. The first-order valence-corrected chi connectivity index (χ1v) is 8.60. The number of piperidine rings is 1. The summed E-state index contributed by atoms with van der Waals surface area (Å²) < 4.78 is 2.06. The Bertz CT molecular complexity index is 640. The van der Waals surface area contributed by atoms with Crippen LogP contribution in [0.5, 0.6) is 0 Å². The molecule has 24 heavy (non-hydrogen) atoms. The molecule has 7 nitrogen and oxygen atoms in total. The van der Waals surface area contributed by atoms with Crippen molar-refractivity contribution in [3.63, 3.8) is 0 Å².